The molecule has 0 unspecified atom stereocenters. The van der Waals surface area contributed by atoms with Crippen LogP contribution in [0.3, 0.4) is 0 Å². The van der Waals surface area contributed by atoms with E-state index in [1.54, 1.807) is 20.0 Å². The van der Waals surface area contributed by atoms with E-state index in [9.17, 15) is 9.90 Å². The molecule has 0 aliphatic heterocycles. The largest absolute Gasteiger partial charge is 0.394 e. The van der Waals surface area contributed by atoms with Crippen LogP contribution >= 0.6 is 11.6 Å². The van der Waals surface area contributed by atoms with Crippen molar-refractivity contribution in [3.63, 3.8) is 0 Å². The van der Waals surface area contributed by atoms with Gasteiger partial charge >= 0.3 is 0 Å². The molecule has 6 heteroatoms. The van der Waals surface area contributed by atoms with Crippen LogP contribution in [0, 0.1) is 0 Å². The van der Waals surface area contributed by atoms with Crippen LogP contribution in [0.5, 0.6) is 0 Å². The van der Waals surface area contributed by atoms with E-state index in [2.05, 4.69) is 31.1 Å². The molecule has 2 aromatic carbocycles. The minimum Gasteiger partial charge on any atom is -0.394 e. The van der Waals surface area contributed by atoms with Crippen LogP contribution in [0.25, 0.3) is 16.8 Å². The Bertz CT molecular complexity index is 1050. The lowest BCUT2D eigenvalue weighted by atomic mass is 9.95. The molecular formula is C24H28ClN3O2. The van der Waals surface area contributed by atoms with Crippen molar-refractivity contribution < 1.29 is 9.90 Å². The number of aliphatic hydroxyl groups is 1. The summed E-state index contributed by atoms with van der Waals surface area (Å²) >= 11 is 6.05. The van der Waals surface area contributed by atoms with Crippen molar-refractivity contribution in [3.05, 3.63) is 71.3 Å². The zero-order valence-corrected chi connectivity index (χ0v) is 18.8. The number of amides is 1. The molecule has 0 aliphatic rings. The number of halogens is 1. The van der Waals surface area contributed by atoms with Gasteiger partial charge in [-0.05, 0) is 55.3 Å². The molecule has 158 valence electrons. The maximum absolute atomic E-state index is 13.0. The first-order valence-corrected chi connectivity index (χ1v) is 10.3. The van der Waals surface area contributed by atoms with Gasteiger partial charge < -0.3 is 15.0 Å². The molecular weight excluding hydrogens is 398 g/mol. The minimum absolute atomic E-state index is 0.155. The fraction of sp³-hybridized carbons (Fsp3) is 0.333. The Balaban J connectivity index is 2.15. The van der Waals surface area contributed by atoms with Crippen molar-refractivity contribution in [1.29, 1.82) is 0 Å². The summed E-state index contributed by atoms with van der Waals surface area (Å²) in [6.07, 6.45) is 3.67. The zero-order chi connectivity index (χ0) is 22.1. The Morgan fingerprint density at radius 1 is 1.07 bits per heavy atom. The molecule has 2 N–H and O–H groups in total. The molecule has 3 aromatic rings. The highest BCUT2D eigenvalue weighted by atomic mass is 35.5. The fourth-order valence-corrected chi connectivity index (χ4v) is 3.30. The van der Waals surface area contributed by atoms with E-state index in [-0.39, 0.29) is 17.9 Å². The number of nitrogens with zero attached hydrogens (tertiary/aromatic N) is 2. The number of imidazole rings is 1. The molecule has 3 rings (SSSR count). The number of hydrogen-bond donors (Lipinski definition) is 2. The number of aliphatic hydroxyl groups excluding tert-OH is 1. The zero-order valence-electron chi connectivity index (χ0n) is 18.0. The van der Waals surface area contributed by atoms with Gasteiger partial charge in [-0.25, -0.2) is 4.98 Å². The molecule has 0 saturated heterocycles. The standard InChI is InChI=1S/C24H28ClN3O2/c1-23(2,3)22-26-10-11-28(22)20-13-17(16-6-8-19(25)9-7-16)12-18(14-20)21(30)27-24(4,5)15-29/h6-14,29H,15H2,1-5H3,(H,27,30). The van der Waals surface area contributed by atoms with Gasteiger partial charge in [-0.2, -0.15) is 0 Å². The van der Waals surface area contributed by atoms with E-state index in [0.717, 1.165) is 22.6 Å². The van der Waals surface area contributed by atoms with Gasteiger partial charge in [0.05, 0.1) is 12.1 Å². The monoisotopic (exact) mass is 425 g/mol. The first-order chi connectivity index (χ1) is 14.0. The Labute approximate surface area is 182 Å². The number of carbonyl (C=O) groups excluding carboxylic acids is 1. The topological polar surface area (TPSA) is 67.2 Å². The Hall–Kier alpha value is -2.63. The quantitative estimate of drug-likeness (QED) is 0.605. The van der Waals surface area contributed by atoms with Crippen LogP contribution in [0.4, 0.5) is 0 Å². The number of rotatable bonds is 5. The van der Waals surface area contributed by atoms with Gasteiger partial charge in [-0.3, -0.25) is 4.79 Å². The summed E-state index contributed by atoms with van der Waals surface area (Å²) in [6, 6.07) is 13.3. The van der Waals surface area contributed by atoms with Crippen LogP contribution in [-0.2, 0) is 5.41 Å². The predicted octanol–water partition coefficient (Wildman–Crippen LogP) is 4.99. The number of nitrogens with one attached hydrogen (secondary N) is 1. The molecule has 0 aliphatic carbocycles. The molecule has 5 nitrogen and oxygen atoms in total. The molecule has 0 radical (unpaired) electrons. The second-order valence-corrected chi connectivity index (χ2v) is 9.58. The van der Waals surface area contributed by atoms with Crippen molar-refractivity contribution in [1.82, 2.24) is 14.9 Å². The van der Waals surface area contributed by atoms with E-state index in [4.69, 9.17) is 11.6 Å². The number of carbonyl (C=O) groups is 1. The van der Waals surface area contributed by atoms with Gasteiger partial charge in [0.25, 0.3) is 5.91 Å². The average molecular weight is 426 g/mol. The summed E-state index contributed by atoms with van der Waals surface area (Å²) in [6.45, 7) is 9.72. The number of hydrogen-bond acceptors (Lipinski definition) is 3. The highest BCUT2D eigenvalue weighted by molar-refractivity contribution is 6.30. The van der Waals surface area contributed by atoms with Crippen LogP contribution in [0.1, 0.15) is 50.8 Å². The number of aromatic nitrogens is 2. The van der Waals surface area contributed by atoms with Gasteiger partial charge in [0.1, 0.15) is 5.82 Å². The van der Waals surface area contributed by atoms with Gasteiger partial charge in [-0.15, -0.1) is 0 Å². The van der Waals surface area contributed by atoms with Crippen LogP contribution in [-0.4, -0.2) is 32.7 Å². The number of benzene rings is 2. The lowest BCUT2D eigenvalue weighted by molar-refractivity contribution is 0.0869. The van der Waals surface area contributed by atoms with Crippen LogP contribution in [0.2, 0.25) is 5.02 Å². The van der Waals surface area contributed by atoms with Gasteiger partial charge in [0.15, 0.2) is 0 Å². The third-order valence-corrected chi connectivity index (χ3v) is 5.05. The van der Waals surface area contributed by atoms with Crippen LogP contribution in [0.15, 0.2) is 54.9 Å². The smallest absolute Gasteiger partial charge is 0.251 e. The summed E-state index contributed by atoms with van der Waals surface area (Å²) in [5.74, 6) is 0.654. The van der Waals surface area contributed by atoms with E-state index in [1.165, 1.54) is 0 Å². The van der Waals surface area contributed by atoms with E-state index >= 15 is 0 Å². The molecule has 0 saturated carbocycles. The van der Waals surface area contributed by atoms with Crippen molar-refractivity contribution >= 4 is 17.5 Å². The predicted molar refractivity (Wildman–Crippen MR) is 121 cm³/mol. The molecule has 0 spiro atoms. The summed E-state index contributed by atoms with van der Waals surface area (Å²) in [4.78, 5) is 17.5. The molecule has 1 amide bonds. The van der Waals surface area contributed by atoms with Gasteiger partial charge in [-0.1, -0.05) is 44.5 Å². The first kappa shape index (κ1) is 22.1. The minimum atomic E-state index is -0.723. The van der Waals surface area contributed by atoms with Crippen molar-refractivity contribution in [2.24, 2.45) is 0 Å². The molecule has 0 bridgehead atoms. The van der Waals surface area contributed by atoms with Gasteiger partial charge in [0.2, 0.25) is 0 Å². The third kappa shape index (κ3) is 4.91. The molecule has 1 heterocycles. The normalized spacial score (nSPS) is 12.1. The second-order valence-electron chi connectivity index (χ2n) is 9.14. The summed E-state index contributed by atoms with van der Waals surface area (Å²) in [7, 11) is 0. The Morgan fingerprint density at radius 3 is 2.33 bits per heavy atom. The van der Waals surface area contributed by atoms with E-state index in [1.807, 2.05) is 53.2 Å². The second kappa shape index (κ2) is 8.25. The SMILES string of the molecule is CC(C)(CO)NC(=O)c1cc(-c2ccc(Cl)cc2)cc(-n2ccnc2C(C)(C)C)c1. The molecule has 0 atom stereocenters. The Kier molecular flexibility index (Phi) is 6.06. The van der Waals surface area contributed by atoms with E-state index < -0.39 is 5.54 Å². The Morgan fingerprint density at radius 2 is 1.73 bits per heavy atom. The maximum Gasteiger partial charge on any atom is 0.251 e. The van der Waals surface area contributed by atoms with E-state index in [0.29, 0.717) is 10.6 Å². The summed E-state index contributed by atoms with van der Waals surface area (Å²) in [5.41, 5.74) is 2.31. The molecule has 0 fully saturated rings. The maximum atomic E-state index is 13.0. The highest BCUT2D eigenvalue weighted by Gasteiger charge is 2.23. The summed E-state index contributed by atoms with van der Waals surface area (Å²) < 4.78 is 2.01. The molecule has 30 heavy (non-hydrogen) atoms. The molecule has 1 aromatic heterocycles. The van der Waals surface area contributed by atoms with Crippen LogP contribution < -0.4 is 5.32 Å². The van der Waals surface area contributed by atoms with Crippen molar-refractivity contribution in [3.8, 4) is 16.8 Å². The lowest BCUT2D eigenvalue weighted by Crippen LogP contribution is -2.46. The highest BCUT2D eigenvalue weighted by Crippen LogP contribution is 2.29. The van der Waals surface area contributed by atoms with Gasteiger partial charge in [0, 0.05) is 34.1 Å². The lowest BCUT2D eigenvalue weighted by Gasteiger charge is -2.24. The first-order valence-electron chi connectivity index (χ1n) is 9.89. The third-order valence-electron chi connectivity index (χ3n) is 4.79. The summed E-state index contributed by atoms with van der Waals surface area (Å²) in [5, 5.41) is 13.1. The average Bonchev–Trinajstić information content (AvgIpc) is 3.18. The van der Waals surface area contributed by atoms with Crippen molar-refractivity contribution in [2.75, 3.05) is 6.61 Å². The van der Waals surface area contributed by atoms with Crippen molar-refractivity contribution in [2.45, 2.75) is 45.6 Å². The fourth-order valence-electron chi connectivity index (χ4n) is 3.18.